The Balaban J connectivity index is 1.60. The van der Waals surface area contributed by atoms with E-state index in [4.69, 9.17) is 18.9 Å². The summed E-state index contributed by atoms with van der Waals surface area (Å²) in [4.78, 5) is 0.684. The van der Waals surface area contributed by atoms with Crippen LogP contribution in [-0.2, 0) is 6.61 Å². The van der Waals surface area contributed by atoms with Crippen molar-refractivity contribution in [3.8, 4) is 34.4 Å². The van der Waals surface area contributed by atoms with Gasteiger partial charge in [0.2, 0.25) is 4.96 Å². The minimum Gasteiger partial charge on any atom is -0.493 e. The quantitative estimate of drug-likeness (QED) is 0.472. The highest BCUT2D eigenvalue weighted by Gasteiger charge is 2.16. The molecule has 2 aromatic carbocycles. The molecule has 0 saturated heterocycles. The Kier molecular flexibility index (Phi) is 4.98. The third kappa shape index (κ3) is 3.31. The van der Waals surface area contributed by atoms with Gasteiger partial charge in [-0.25, -0.2) is 0 Å². The lowest BCUT2D eigenvalue weighted by molar-refractivity contribution is 0.283. The van der Waals surface area contributed by atoms with Crippen molar-refractivity contribution in [3.05, 3.63) is 47.5 Å². The predicted octanol–water partition coefficient (Wildman–Crippen LogP) is 3.46. The van der Waals surface area contributed by atoms with Crippen LogP contribution >= 0.6 is 11.3 Å². The van der Waals surface area contributed by atoms with Gasteiger partial charge in [0.25, 0.3) is 0 Å². The van der Waals surface area contributed by atoms with Gasteiger partial charge in [-0.1, -0.05) is 23.5 Å². The maximum atomic E-state index is 5.85. The van der Waals surface area contributed by atoms with E-state index in [0.717, 1.165) is 10.6 Å². The van der Waals surface area contributed by atoms with Gasteiger partial charge in [0.15, 0.2) is 33.8 Å². The Morgan fingerprint density at radius 2 is 1.57 bits per heavy atom. The highest BCUT2D eigenvalue weighted by atomic mass is 32.1. The second kappa shape index (κ2) is 7.73. The van der Waals surface area contributed by atoms with Crippen LogP contribution in [0, 0.1) is 0 Å². The van der Waals surface area contributed by atoms with Crippen molar-refractivity contribution in [3.63, 3.8) is 0 Å². The number of hydrogen-bond donors (Lipinski definition) is 0. The molecule has 0 bridgehead atoms. The lowest BCUT2D eigenvalue weighted by Crippen LogP contribution is -1.99. The molecule has 144 valence electrons. The first kappa shape index (κ1) is 18.1. The van der Waals surface area contributed by atoms with E-state index in [2.05, 4.69) is 15.3 Å². The van der Waals surface area contributed by atoms with Gasteiger partial charge in [0, 0.05) is 5.56 Å². The minimum absolute atomic E-state index is 0.305. The van der Waals surface area contributed by atoms with E-state index >= 15 is 0 Å². The molecule has 2 heterocycles. The van der Waals surface area contributed by atoms with Crippen LogP contribution in [0.1, 0.15) is 5.01 Å². The highest BCUT2D eigenvalue weighted by Crippen LogP contribution is 2.32. The van der Waals surface area contributed by atoms with Crippen LogP contribution in [0.4, 0.5) is 0 Å². The van der Waals surface area contributed by atoms with Gasteiger partial charge in [0.05, 0.1) is 21.3 Å². The number of aromatic nitrogens is 4. The van der Waals surface area contributed by atoms with Crippen molar-refractivity contribution in [2.75, 3.05) is 21.3 Å². The lowest BCUT2D eigenvalue weighted by Gasteiger charge is -2.08. The second-order valence-corrected chi connectivity index (χ2v) is 6.76. The van der Waals surface area contributed by atoms with Gasteiger partial charge in [0.1, 0.15) is 6.61 Å². The third-order valence-corrected chi connectivity index (χ3v) is 4.97. The highest BCUT2D eigenvalue weighted by molar-refractivity contribution is 7.16. The molecule has 0 aliphatic rings. The second-order valence-electron chi connectivity index (χ2n) is 5.72. The zero-order valence-corrected chi connectivity index (χ0v) is 16.4. The monoisotopic (exact) mass is 398 g/mol. The Morgan fingerprint density at radius 1 is 0.857 bits per heavy atom. The first-order valence-electron chi connectivity index (χ1n) is 8.43. The van der Waals surface area contributed by atoms with E-state index in [1.165, 1.54) is 11.3 Å². The molecule has 0 fully saturated rings. The van der Waals surface area contributed by atoms with E-state index < -0.39 is 0 Å². The first-order chi connectivity index (χ1) is 13.7. The molecule has 8 nitrogen and oxygen atoms in total. The molecule has 0 radical (unpaired) electrons. The van der Waals surface area contributed by atoms with Crippen molar-refractivity contribution < 1.29 is 18.9 Å². The number of ether oxygens (including phenoxy) is 4. The van der Waals surface area contributed by atoms with Crippen molar-refractivity contribution >= 4 is 16.3 Å². The van der Waals surface area contributed by atoms with E-state index in [1.54, 1.807) is 25.8 Å². The molecule has 0 aliphatic carbocycles. The van der Waals surface area contributed by atoms with E-state index in [1.807, 2.05) is 42.5 Å². The molecule has 28 heavy (non-hydrogen) atoms. The zero-order valence-electron chi connectivity index (χ0n) is 15.6. The Bertz CT molecular complexity index is 1110. The molecule has 0 aliphatic heterocycles. The maximum absolute atomic E-state index is 5.85. The van der Waals surface area contributed by atoms with Crippen molar-refractivity contribution in [1.29, 1.82) is 0 Å². The average Bonchev–Trinajstić information content (AvgIpc) is 3.32. The molecule has 0 N–H and O–H groups in total. The van der Waals surface area contributed by atoms with Crippen molar-refractivity contribution in [1.82, 2.24) is 19.8 Å². The zero-order chi connectivity index (χ0) is 19.5. The number of fused-ring (bicyclic) bond motifs is 1. The molecule has 9 heteroatoms. The average molecular weight is 398 g/mol. The van der Waals surface area contributed by atoms with Gasteiger partial charge in [-0.15, -0.1) is 10.2 Å². The van der Waals surface area contributed by atoms with Crippen LogP contribution in [0.2, 0.25) is 0 Å². The molecular weight excluding hydrogens is 380 g/mol. The summed E-state index contributed by atoms with van der Waals surface area (Å²) in [6.07, 6.45) is 0. The largest absolute Gasteiger partial charge is 0.493 e. The summed E-state index contributed by atoms with van der Waals surface area (Å²) in [6, 6.07) is 13.1. The molecule has 0 spiro atoms. The number of methoxy groups -OCH3 is 3. The van der Waals surface area contributed by atoms with E-state index in [9.17, 15) is 0 Å². The van der Waals surface area contributed by atoms with Crippen LogP contribution in [-0.4, -0.2) is 41.1 Å². The van der Waals surface area contributed by atoms with Gasteiger partial charge >= 0.3 is 0 Å². The summed E-state index contributed by atoms with van der Waals surface area (Å²) < 4.78 is 23.5. The molecule has 4 aromatic rings. The Morgan fingerprint density at radius 3 is 2.32 bits per heavy atom. The van der Waals surface area contributed by atoms with E-state index in [0.29, 0.717) is 40.4 Å². The smallest absolute Gasteiger partial charge is 0.235 e. The first-order valence-corrected chi connectivity index (χ1v) is 9.24. The predicted molar refractivity (Wildman–Crippen MR) is 105 cm³/mol. The normalized spacial score (nSPS) is 10.8. The number of nitrogens with zero attached hydrogens (tertiary/aromatic N) is 4. The van der Waals surface area contributed by atoms with Gasteiger partial charge in [-0.05, 0) is 30.3 Å². The summed E-state index contributed by atoms with van der Waals surface area (Å²) in [7, 11) is 4.80. The third-order valence-electron chi connectivity index (χ3n) is 4.09. The molecular formula is C19H18N4O4S. The summed E-state index contributed by atoms with van der Waals surface area (Å²) in [6.45, 7) is 0.305. The number of para-hydroxylation sites is 2. The van der Waals surface area contributed by atoms with Crippen LogP contribution in [0.5, 0.6) is 23.0 Å². The van der Waals surface area contributed by atoms with Crippen molar-refractivity contribution in [2.45, 2.75) is 6.61 Å². The molecule has 2 aromatic heterocycles. The number of rotatable bonds is 7. The SMILES string of the molecule is COc1ccc(-c2nnc3sc(COc4ccccc4OC)nn23)cc1OC. The summed E-state index contributed by atoms with van der Waals surface area (Å²) in [5.41, 5.74) is 0.827. The summed E-state index contributed by atoms with van der Waals surface area (Å²) in [5, 5.41) is 13.8. The van der Waals surface area contributed by atoms with Crippen LogP contribution in [0.25, 0.3) is 16.3 Å². The fraction of sp³-hybridized carbons (Fsp3) is 0.211. The standard InChI is InChI=1S/C19H18N4O4S/c1-24-13-6-4-5-7-15(13)27-11-17-22-23-18(20-21-19(23)28-17)12-8-9-14(25-2)16(10-12)26-3/h4-10H,11H2,1-3H3. The molecule has 4 rings (SSSR count). The van der Waals surface area contributed by atoms with Gasteiger partial charge in [-0.3, -0.25) is 0 Å². The topological polar surface area (TPSA) is 80.0 Å². The van der Waals surface area contributed by atoms with E-state index in [-0.39, 0.29) is 0 Å². The van der Waals surface area contributed by atoms with Crippen LogP contribution < -0.4 is 18.9 Å². The number of hydrogen-bond acceptors (Lipinski definition) is 8. The molecule has 0 unspecified atom stereocenters. The van der Waals surface area contributed by atoms with Crippen molar-refractivity contribution in [2.24, 2.45) is 0 Å². The van der Waals surface area contributed by atoms with Crippen LogP contribution in [0.15, 0.2) is 42.5 Å². The Hall–Kier alpha value is -3.33. The molecule has 0 amide bonds. The molecule has 0 saturated carbocycles. The van der Waals surface area contributed by atoms with Crippen LogP contribution in [0.3, 0.4) is 0 Å². The lowest BCUT2D eigenvalue weighted by atomic mass is 10.2. The summed E-state index contributed by atoms with van der Waals surface area (Å²) in [5.74, 6) is 3.23. The minimum atomic E-state index is 0.305. The maximum Gasteiger partial charge on any atom is 0.235 e. The molecule has 0 atom stereocenters. The fourth-order valence-electron chi connectivity index (χ4n) is 2.75. The fourth-order valence-corrected chi connectivity index (χ4v) is 3.49. The Labute approximate surface area is 165 Å². The summed E-state index contributed by atoms with van der Waals surface area (Å²) >= 11 is 1.42. The van der Waals surface area contributed by atoms with Gasteiger partial charge in [-0.2, -0.15) is 9.61 Å². The number of benzene rings is 2. The van der Waals surface area contributed by atoms with Gasteiger partial charge < -0.3 is 18.9 Å².